The monoisotopic (exact) mass is 285 g/mol. The van der Waals surface area contributed by atoms with Crippen molar-refractivity contribution in [2.75, 3.05) is 12.4 Å². The number of phenols is 1. The van der Waals surface area contributed by atoms with Crippen LogP contribution in [-0.2, 0) is 10.2 Å². The molecule has 0 fully saturated rings. The van der Waals surface area contributed by atoms with Crippen molar-refractivity contribution < 1.29 is 14.6 Å². The van der Waals surface area contributed by atoms with E-state index in [2.05, 4.69) is 5.32 Å². The normalized spacial score (nSPS) is 11.0. The Kier molecular flexibility index (Phi) is 4.17. The predicted molar refractivity (Wildman–Crippen MR) is 82.8 cm³/mol. The van der Waals surface area contributed by atoms with Gasteiger partial charge < -0.3 is 15.2 Å². The number of para-hydroxylation sites is 1. The van der Waals surface area contributed by atoms with E-state index in [0.29, 0.717) is 11.4 Å². The molecule has 0 saturated carbocycles. The first-order valence-corrected chi connectivity index (χ1v) is 6.69. The standard InChI is InChI=1S/C17H19NO3/c1-17(2,14-9-4-5-10-15(14)21-3)16(20)18-12-7-6-8-13(19)11-12/h4-11,19H,1-3H3,(H,18,20). The van der Waals surface area contributed by atoms with Crippen molar-refractivity contribution in [1.29, 1.82) is 0 Å². The summed E-state index contributed by atoms with van der Waals surface area (Å²) in [4.78, 5) is 12.6. The number of methoxy groups -OCH3 is 1. The molecule has 4 heteroatoms. The molecule has 2 rings (SSSR count). The number of anilines is 1. The van der Waals surface area contributed by atoms with Crippen LogP contribution in [-0.4, -0.2) is 18.1 Å². The Morgan fingerprint density at radius 1 is 1.14 bits per heavy atom. The minimum atomic E-state index is -0.766. The molecule has 0 aliphatic carbocycles. The number of carbonyl (C=O) groups is 1. The van der Waals surface area contributed by atoms with E-state index in [1.54, 1.807) is 25.3 Å². The maximum Gasteiger partial charge on any atom is 0.234 e. The molecule has 0 saturated heterocycles. The van der Waals surface area contributed by atoms with Crippen molar-refractivity contribution in [3.63, 3.8) is 0 Å². The van der Waals surface area contributed by atoms with E-state index in [0.717, 1.165) is 5.56 Å². The van der Waals surface area contributed by atoms with Gasteiger partial charge in [0.25, 0.3) is 0 Å². The topological polar surface area (TPSA) is 58.6 Å². The Bertz CT molecular complexity index is 650. The first-order valence-electron chi connectivity index (χ1n) is 6.69. The van der Waals surface area contributed by atoms with E-state index >= 15 is 0 Å². The van der Waals surface area contributed by atoms with Crippen LogP contribution in [0.5, 0.6) is 11.5 Å². The molecule has 4 nitrogen and oxygen atoms in total. The largest absolute Gasteiger partial charge is 0.508 e. The molecule has 2 N–H and O–H groups in total. The van der Waals surface area contributed by atoms with Crippen LogP contribution in [0.15, 0.2) is 48.5 Å². The first-order chi connectivity index (χ1) is 9.95. The lowest BCUT2D eigenvalue weighted by Crippen LogP contribution is -2.35. The van der Waals surface area contributed by atoms with Crippen molar-refractivity contribution in [3.05, 3.63) is 54.1 Å². The predicted octanol–water partition coefficient (Wildman–Crippen LogP) is 3.32. The quantitative estimate of drug-likeness (QED) is 0.906. The second-order valence-electron chi connectivity index (χ2n) is 5.33. The van der Waals surface area contributed by atoms with E-state index in [-0.39, 0.29) is 11.7 Å². The van der Waals surface area contributed by atoms with Gasteiger partial charge in [-0.3, -0.25) is 4.79 Å². The molecular formula is C17H19NO3. The zero-order valence-corrected chi connectivity index (χ0v) is 12.4. The van der Waals surface area contributed by atoms with Gasteiger partial charge >= 0.3 is 0 Å². The molecule has 0 aromatic heterocycles. The summed E-state index contributed by atoms with van der Waals surface area (Å²) >= 11 is 0. The van der Waals surface area contributed by atoms with Crippen LogP contribution in [0.3, 0.4) is 0 Å². The van der Waals surface area contributed by atoms with Crippen molar-refractivity contribution in [1.82, 2.24) is 0 Å². The molecule has 0 atom stereocenters. The number of ether oxygens (including phenoxy) is 1. The summed E-state index contributed by atoms with van der Waals surface area (Å²) in [5.74, 6) is 0.619. The lowest BCUT2D eigenvalue weighted by molar-refractivity contribution is -0.120. The Labute approximate surface area is 124 Å². The van der Waals surface area contributed by atoms with Crippen LogP contribution in [0.2, 0.25) is 0 Å². The fourth-order valence-corrected chi connectivity index (χ4v) is 2.15. The zero-order valence-electron chi connectivity index (χ0n) is 12.4. The molecule has 0 spiro atoms. The Hall–Kier alpha value is -2.49. The van der Waals surface area contributed by atoms with Crippen LogP contribution in [0, 0.1) is 0 Å². The molecule has 1 amide bonds. The van der Waals surface area contributed by atoms with E-state index < -0.39 is 5.41 Å². The lowest BCUT2D eigenvalue weighted by atomic mass is 9.83. The van der Waals surface area contributed by atoms with Crippen molar-refractivity contribution >= 4 is 11.6 Å². The van der Waals surface area contributed by atoms with Crippen LogP contribution in [0.4, 0.5) is 5.69 Å². The van der Waals surface area contributed by atoms with Crippen LogP contribution in [0.1, 0.15) is 19.4 Å². The highest BCUT2D eigenvalue weighted by Gasteiger charge is 2.32. The summed E-state index contributed by atoms with van der Waals surface area (Å²) in [5.41, 5.74) is 0.603. The summed E-state index contributed by atoms with van der Waals surface area (Å²) < 4.78 is 5.33. The van der Waals surface area contributed by atoms with E-state index in [1.807, 2.05) is 38.1 Å². The van der Waals surface area contributed by atoms with Gasteiger partial charge in [0.05, 0.1) is 12.5 Å². The highest BCUT2D eigenvalue weighted by Crippen LogP contribution is 2.32. The van der Waals surface area contributed by atoms with E-state index in [1.165, 1.54) is 6.07 Å². The molecule has 0 aliphatic rings. The minimum Gasteiger partial charge on any atom is -0.508 e. The highest BCUT2D eigenvalue weighted by molar-refractivity contribution is 5.99. The second-order valence-corrected chi connectivity index (χ2v) is 5.33. The van der Waals surface area contributed by atoms with Crippen molar-refractivity contribution in [2.24, 2.45) is 0 Å². The van der Waals surface area contributed by atoms with Gasteiger partial charge in [0, 0.05) is 17.3 Å². The second kappa shape index (κ2) is 5.87. The summed E-state index contributed by atoms with van der Waals surface area (Å²) in [6.07, 6.45) is 0. The number of carbonyl (C=O) groups excluding carboxylic acids is 1. The van der Waals surface area contributed by atoms with Crippen molar-refractivity contribution in [3.8, 4) is 11.5 Å². The molecule has 2 aromatic rings. The first kappa shape index (κ1) is 14.9. The summed E-state index contributed by atoms with van der Waals surface area (Å²) in [5, 5.41) is 12.3. The van der Waals surface area contributed by atoms with Gasteiger partial charge in [-0.1, -0.05) is 24.3 Å². The number of aromatic hydroxyl groups is 1. The number of rotatable bonds is 4. The fraction of sp³-hybridized carbons (Fsp3) is 0.235. The van der Waals surface area contributed by atoms with Crippen LogP contribution >= 0.6 is 0 Å². The average Bonchev–Trinajstić information content (AvgIpc) is 2.47. The number of nitrogens with one attached hydrogen (secondary N) is 1. The fourth-order valence-electron chi connectivity index (χ4n) is 2.15. The lowest BCUT2D eigenvalue weighted by Gasteiger charge is -2.26. The number of hydrogen-bond donors (Lipinski definition) is 2. The number of amides is 1. The Balaban J connectivity index is 2.28. The molecule has 110 valence electrons. The summed E-state index contributed by atoms with van der Waals surface area (Å²) in [7, 11) is 1.59. The maximum atomic E-state index is 12.6. The molecule has 0 heterocycles. The third-order valence-electron chi connectivity index (χ3n) is 3.45. The minimum absolute atomic E-state index is 0.114. The number of hydrogen-bond acceptors (Lipinski definition) is 3. The van der Waals surface area contributed by atoms with Gasteiger partial charge in [-0.25, -0.2) is 0 Å². The number of benzene rings is 2. The third-order valence-corrected chi connectivity index (χ3v) is 3.45. The third kappa shape index (κ3) is 3.16. The van der Waals surface area contributed by atoms with Gasteiger partial charge in [-0.2, -0.15) is 0 Å². The summed E-state index contributed by atoms with van der Waals surface area (Å²) in [6.45, 7) is 3.67. The van der Waals surface area contributed by atoms with Gasteiger partial charge in [-0.05, 0) is 32.0 Å². The van der Waals surface area contributed by atoms with Crippen LogP contribution in [0.25, 0.3) is 0 Å². The molecule has 0 radical (unpaired) electrons. The summed E-state index contributed by atoms with van der Waals surface area (Å²) in [6, 6.07) is 13.9. The van der Waals surface area contributed by atoms with E-state index in [4.69, 9.17) is 4.74 Å². The zero-order chi connectivity index (χ0) is 15.5. The van der Waals surface area contributed by atoms with Gasteiger partial charge in [0.2, 0.25) is 5.91 Å². The molecular weight excluding hydrogens is 266 g/mol. The van der Waals surface area contributed by atoms with Gasteiger partial charge in [0.1, 0.15) is 11.5 Å². The van der Waals surface area contributed by atoms with E-state index in [9.17, 15) is 9.90 Å². The van der Waals surface area contributed by atoms with Gasteiger partial charge in [-0.15, -0.1) is 0 Å². The average molecular weight is 285 g/mol. The molecule has 0 aliphatic heterocycles. The Morgan fingerprint density at radius 2 is 1.86 bits per heavy atom. The highest BCUT2D eigenvalue weighted by atomic mass is 16.5. The maximum absolute atomic E-state index is 12.6. The molecule has 0 bridgehead atoms. The molecule has 2 aromatic carbocycles. The van der Waals surface area contributed by atoms with Crippen LogP contribution < -0.4 is 10.1 Å². The number of phenolic OH excluding ortho intramolecular Hbond substituents is 1. The van der Waals surface area contributed by atoms with Gasteiger partial charge in [0.15, 0.2) is 0 Å². The molecule has 21 heavy (non-hydrogen) atoms. The Morgan fingerprint density at radius 3 is 2.52 bits per heavy atom. The van der Waals surface area contributed by atoms with Crippen molar-refractivity contribution in [2.45, 2.75) is 19.3 Å². The molecule has 0 unspecified atom stereocenters. The SMILES string of the molecule is COc1ccccc1C(C)(C)C(=O)Nc1cccc(O)c1. The smallest absolute Gasteiger partial charge is 0.234 e.